The van der Waals surface area contributed by atoms with Crippen molar-refractivity contribution in [3.63, 3.8) is 0 Å². The van der Waals surface area contributed by atoms with Crippen molar-refractivity contribution in [2.75, 3.05) is 19.8 Å². The molecule has 3 fully saturated rings. The average molecular weight is 638 g/mol. The van der Waals surface area contributed by atoms with E-state index in [2.05, 4.69) is 33.0 Å². The molecule has 1 N–H and O–H groups in total. The van der Waals surface area contributed by atoms with Gasteiger partial charge in [-0.3, -0.25) is 14.4 Å². The largest absolute Gasteiger partial charge is 0.465 e. The smallest absolute Gasteiger partial charge is 0.306 e. The number of carbonyl (C=O) groups is 3. The van der Waals surface area contributed by atoms with E-state index in [-0.39, 0.29) is 67.9 Å². The van der Waals surface area contributed by atoms with E-state index in [0.29, 0.717) is 12.8 Å². The van der Waals surface area contributed by atoms with E-state index in [1.165, 1.54) is 0 Å². The first-order valence-corrected chi connectivity index (χ1v) is 16.5. The SMILES string of the molecule is CC1(C)CC(COC(=O)CC(CC(=O)OCC2CC(C)(C)N([O])C2(C)C)CC(=O)OCC2CC(C)(C)N([O])C2(C)C)C(C)(C)N1. The maximum absolute atomic E-state index is 13.0. The minimum Gasteiger partial charge on any atom is -0.465 e. The van der Waals surface area contributed by atoms with Crippen molar-refractivity contribution in [1.29, 1.82) is 0 Å². The summed E-state index contributed by atoms with van der Waals surface area (Å²) in [5.41, 5.74) is -2.81. The minimum atomic E-state index is -0.698. The third-order valence-electron chi connectivity index (χ3n) is 10.8. The zero-order valence-electron chi connectivity index (χ0n) is 29.8. The molecule has 3 unspecified atom stereocenters. The fraction of sp³-hybridized carbons (Fsp3) is 0.912. The van der Waals surface area contributed by atoms with E-state index in [1.807, 2.05) is 55.4 Å². The monoisotopic (exact) mass is 637 g/mol. The van der Waals surface area contributed by atoms with Crippen molar-refractivity contribution in [1.82, 2.24) is 15.4 Å². The van der Waals surface area contributed by atoms with Gasteiger partial charge in [-0.05, 0) is 108 Å². The van der Waals surface area contributed by atoms with Gasteiger partial charge in [0, 0.05) is 59.2 Å². The van der Waals surface area contributed by atoms with Crippen molar-refractivity contribution in [2.24, 2.45) is 23.7 Å². The van der Waals surface area contributed by atoms with Gasteiger partial charge in [-0.1, -0.05) is 0 Å². The second-order valence-corrected chi connectivity index (χ2v) is 17.5. The van der Waals surface area contributed by atoms with E-state index < -0.39 is 46.0 Å². The van der Waals surface area contributed by atoms with Crippen molar-refractivity contribution < 1.29 is 39.0 Å². The van der Waals surface area contributed by atoms with Gasteiger partial charge in [0.25, 0.3) is 0 Å². The zero-order chi connectivity index (χ0) is 34.4. The first-order valence-electron chi connectivity index (χ1n) is 16.5. The maximum Gasteiger partial charge on any atom is 0.306 e. The summed E-state index contributed by atoms with van der Waals surface area (Å²) >= 11 is 0. The predicted octanol–water partition coefficient (Wildman–Crippen LogP) is 5.02. The van der Waals surface area contributed by atoms with Crippen LogP contribution in [-0.2, 0) is 39.0 Å². The third kappa shape index (κ3) is 8.77. The molecule has 0 bridgehead atoms. The molecular weight excluding hydrogens is 578 g/mol. The summed E-state index contributed by atoms with van der Waals surface area (Å²) in [7, 11) is 0. The molecule has 258 valence electrons. The topological polar surface area (TPSA) is 137 Å². The van der Waals surface area contributed by atoms with Crippen molar-refractivity contribution in [2.45, 2.75) is 155 Å². The number of esters is 3. The molecule has 0 spiro atoms. The summed E-state index contributed by atoms with van der Waals surface area (Å²) in [5.74, 6) is -2.45. The summed E-state index contributed by atoms with van der Waals surface area (Å²) in [6.07, 6.45) is 1.54. The summed E-state index contributed by atoms with van der Waals surface area (Å²) in [4.78, 5) is 39.1. The van der Waals surface area contributed by atoms with E-state index in [4.69, 9.17) is 14.2 Å². The van der Waals surface area contributed by atoms with Crippen LogP contribution in [0.5, 0.6) is 0 Å². The van der Waals surface area contributed by atoms with Crippen LogP contribution in [0.1, 0.15) is 122 Å². The quantitative estimate of drug-likeness (QED) is 0.231. The average Bonchev–Trinajstić information content (AvgIpc) is 3.27. The maximum atomic E-state index is 13.0. The van der Waals surface area contributed by atoms with Crippen LogP contribution in [0.25, 0.3) is 0 Å². The highest BCUT2D eigenvalue weighted by molar-refractivity contribution is 5.76. The van der Waals surface area contributed by atoms with E-state index in [9.17, 15) is 24.8 Å². The molecule has 3 aliphatic heterocycles. The first-order chi connectivity index (χ1) is 20.3. The molecule has 0 aliphatic carbocycles. The Morgan fingerprint density at radius 1 is 0.600 bits per heavy atom. The van der Waals surface area contributed by atoms with Gasteiger partial charge in [-0.15, -0.1) is 20.5 Å². The molecule has 3 atom stereocenters. The molecule has 3 aliphatic rings. The standard InChI is InChI=1S/C34H59N3O8/c1-29(2)16-23(32(7,8)35-29)19-43-26(38)13-22(14-27(39)44-20-24-17-30(3,4)36(41)33(24,9)10)15-28(40)45-21-25-18-31(5,6)37(42)34(25,11)12/h22-25,35H,13-21H2,1-12H3. The van der Waals surface area contributed by atoms with Gasteiger partial charge in [-0.25, -0.2) is 0 Å². The molecule has 3 saturated heterocycles. The Labute approximate surface area is 270 Å². The Bertz CT molecular complexity index is 1040. The van der Waals surface area contributed by atoms with Crippen molar-refractivity contribution in [3.05, 3.63) is 0 Å². The minimum absolute atomic E-state index is 0.0743. The van der Waals surface area contributed by atoms with Crippen LogP contribution in [0.4, 0.5) is 0 Å². The number of rotatable bonds is 12. The molecule has 2 radical (unpaired) electrons. The molecule has 0 saturated carbocycles. The molecule has 0 aromatic carbocycles. The predicted molar refractivity (Wildman–Crippen MR) is 167 cm³/mol. The molecular formula is C34H59N3O8. The summed E-state index contributed by atoms with van der Waals surface area (Å²) in [6.45, 7) is 23.7. The highest BCUT2D eigenvalue weighted by Gasteiger charge is 2.54. The van der Waals surface area contributed by atoms with E-state index >= 15 is 0 Å². The second-order valence-electron chi connectivity index (χ2n) is 17.5. The lowest BCUT2D eigenvalue weighted by molar-refractivity contribution is -0.249. The normalized spacial score (nSPS) is 30.1. The fourth-order valence-electron chi connectivity index (χ4n) is 8.13. The number of nitrogens with one attached hydrogen (secondary N) is 1. The molecule has 0 amide bonds. The molecule has 11 nitrogen and oxygen atoms in total. The van der Waals surface area contributed by atoms with Gasteiger partial charge >= 0.3 is 17.9 Å². The number of carbonyl (C=O) groups excluding carboxylic acids is 3. The highest BCUT2D eigenvalue weighted by atomic mass is 16.5. The number of hydrogen-bond donors (Lipinski definition) is 1. The molecule has 0 aromatic rings. The van der Waals surface area contributed by atoms with Crippen LogP contribution in [0, 0.1) is 23.7 Å². The highest BCUT2D eigenvalue weighted by Crippen LogP contribution is 2.45. The number of nitrogens with zero attached hydrogens (tertiary/aromatic N) is 2. The van der Waals surface area contributed by atoms with Crippen LogP contribution in [0.15, 0.2) is 0 Å². The van der Waals surface area contributed by atoms with Gasteiger partial charge in [0.2, 0.25) is 0 Å². The van der Waals surface area contributed by atoms with E-state index in [1.54, 1.807) is 0 Å². The lowest BCUT2D eigenvalue weighted by Gasteiger charge is -2.33. The van der Waals surface area contributed by atoms with Crippen molar-refractivity contribution in [3.8, 4) is 0 Å². The van der Waals surface area contributed by atoms with Gasteiger partial charge in [0.1, 0.15) is 0 Å². The molecule has 45 heavy (non-hydrogen) atoms. The lowest BCUT2D eigenvalue weighted by Crippen LogP contribution is -2.47. The van der Waals surface area contributed by atoms with Crippen LogP contribution in [0.2, 0.25) is 0 Å². The Hall–Kier alpha value is -1.79. The second kappa shape index (κ2) is 13.0. The third-order valence-corrected chi connectivity index (χ3v) is 10.8. The number of ether oxygens (including phenoxy) is 3. The van der Waals surface area contributed by atoms with Crippen LogP contribution >= 0.6 is 0 Å². The number of hydroxylamine groups is 4. The first kappa shape index (κ1) is 37.7. The van der Waals surface area contributed by atoms with Gasteiger partial charge in [-0.2, -0.15) is 0 Å². The summed E-state index contributed by atoms with van der Waals surface area (Å²) < 4.78 is 17.0. The molecule has 3 heterocycles. The molecule has 3 rings (SSSR count). The van der Waals surface area contributed by atoms with Gasteiger partial charge in [0.15, 0.2) is 0 Å². The summed E-state index contributed by atoms with van der Waals surface area (Å²) in [5, 5.41) is 31.2. The Balaban J connectivity index is 1.62. The lowest BCUT2D eigenvalue weighted by atomic mass is 9.87. The van der Waals surface area contributed by atoms with Gasteiger partial charge in [0.05, 0.1) is 30.9 Å². The summed E-state index contributed by atoms with van der Waals surface area (Å²) in [6, 6.07) is 0. The molecule has 0 aromatic heterocycles. The Morgan fingerprint density at radius 2 is 0.933 bits per heavy atom. The van der Waals surface area contributed by atoms with Crippen LogP contribution in [-0.4, -0.2) is 81.1 Å². The van der Waals surface area contributed by atoms with Gasteiger partial charge < -0.3 is 19.5 Å². The van der Waals surface area contributed by atoms with Crippen molar-refractivity contribution >= 4 is 17.9 Å². The zero-order valence-corrected chi connectivity index (χ0v) is 29.8. The van der Waals surface area contributed by atoms with Crippen LogP contribution in [0.3, 0.4) is 0 Å². The fourth-order valence-corrected chi connectivity index (χ4v) is 8.13. The van der Waals surface area contributed by atoms with Crippen LogP contribution < -0.4 is 5.32 Å². The number of hydrogen-bond acceptors (Lipinski definition) is 9. The van der Waals surface area contributed by atoms with E-state index in [0.717, 1.165) is 16.5 Å². The Morgan fingerprint density at radius 3 is 1.20 bits per heavy atom. The Kier molecular flexibility index (Phi) is 10.9. The molecule has 11 heteroatoms.